The molecule has 3 rings (SSSR count). The predicted octanol–water partition coefficient (Wildman–Crippen LogP) is 3.30. The van der Waals surface area contributed by atoms with Gasteiger partial charge in [0.2, 0.25) is 0 Å². The number of methoxy groups -OCH3 is 3. The van der Waals surface area contributed by atoms with Gasteiger partial charge in [-0.15, -0.1) is 0 Å². The molecule has 1 aromatic heterocycles. The molecule has 0 saturated carbocycles. The Morgan fingerprint density at radius 3 is 2.59 bits per heavy atom. The van der Waals surface area contributed by atoms with E-state index in [9.17, 15) is 9.90 Å². The summed E-state index contributed by atoms with van der Waals surface area (Å²) in [6.45, 7) is 0.552. The van der Waals surface area contributed by atoms with Crippen LogP contribution in [0.4, 0.5) is 10.6 Å². The second-order valence-corrected chi connectivity index (χ2v) is 7.21. The Kier molecular flexibility index (Phi) is 7.91. The lowest BCUT2D eigenvalue weighted by Gasteiger charge is -2.18. The second-order valence-electron chi connectivity index (χ2n) is 6.81. The average Bonchev–Trinajstić information content (AvgIpc) is 2.81. The fourth-order valence-corrected chi connectivity index (χ4v) is 3.71. The van der Waals surface area contributed by atoms with Gasteiger partial charge in [0.1, 0.15) is 23.6 Å². The zero-order chi connectivity index (χ0) is 23.1. The van der Waals surface area contributed by atoms with Crippen LogP contribution in [-0.2, 0) is 24.2 Å². The van der Waals surface area contributed by atoms with Crippen LogP contribution in [0, 0.1) is 0 Å². The van der Waals surface area contributed by atoms with Crippen LogP contribution in [0.15, 0.2) is 30.6 Å². The van der Waals surface area contributed by atoms with Crippen LogP contribution in [0.25, 0.3) is 10.9 Å². The first-order chi connectivity index (χ1) is 15.5. The number of aliphatic hydroxyl groups excluding tert-OH is 1. The Bertz CT molecular complexity index is 1110. The second kappa shape index (κ2) is 10.8. The smallest absolute Gasteiger partial charge is 0.407 e. The van der Waals surface area contributed by atoms with E-state index in [0.29, 0.717) is 46.4 Å². The van der Waals surface area contributed by atoms with Crippen molar-refractivity contribution in [1.29, 1.82) is 0 Å². The normalized spacial score (nSPS) is 10.7. The minimum atomic E-state index is -0.560. The fraction of sp³-hybridized carbons (Fsp3) is 0.318. The Labute approximate surface area is 190 Å². The molecule has 1 heterocycles. The van der Waals surface area contributed by atoms with Crippen LogP contribution < -0.4 is 20.1 Å². The molecule has 10 heteroatoms. The van der Waals surface area contributed by atoms with Gasteiger partial charge < -0.3 is 30.0 Å². The molecule has 3 aromatic rings. The van der Waals surface area contributed by atoms with E-state index in [0.717, 1.165) is 16.5 Å². The number of halogens is 1. The van der Waals surface area contributed by atoms with Gasteiger partial charge in [-0.3, -0.25) is 0 Å². The number of alkyl carbamates (subject to hydrolysis) is 1. The van der Waals surface area contributed by atoms with Crippen molar-refractivity contribution < 1.29 is 24.1 Å². The third-order valence-corrected chi connectivity index (χ3v) is 5.20. The minimum absolute atomic E-state index is 0.0868. The summed E-state index contributed by atoms with van der Waals surface area (Å²) in [6, 6.07) is 7.39. The van der Waals surface area contributed by atoms with E-state index in [1.165, 1.54) is 20.5 Å². The molecule has 170 valence electrons. The highest BCUT2D eigenvalue weighted by Gasteiger charge is 2.18. The highest BCUT2D eigenvalue weighted by atomic mass is 35.5. The molecule has 9 nitrogen and oxygen atoms in total. The van der Waals surface area contributed by atoms with Crippen molar-refractivity contribution in [2.24, 2.45) is 0 Å². The number of anilines is 1. The molecule has 2 aromatic carbocycles. The molecule has 0 atom stereocenters. The molecule has 0 radical (unpaired) electrons. The maximum atomic E-state index is 11.6. The first-order valence-corrected chi connectivity index (χ1v) is 10.2. The molecule has 3 N–H and O–H groups in total. The van der Waals surface area contributed by atoms with Gasteiger partial charge in [0.25, 0.3) is 0 Å². The maximum Gasteiger partial charge on any atom is 0.407 e. The quantitative estimate of drug-likeness (QED) is 0.445. The fourth-order valence-electron chi connectivity index (χ4n) is 3.43. The number of aromatic nitrogens is 2. The summed E-state index contributed by atoms with van der Waals surface area (Å²) in [7, 11) is 4.40. The molecule has 0 unspecified atom stereocenters. The highest BCUT2D eigenvalue weighted by Crippen LogP contribution is 2.34. The molecule has 32 heavy (non-hydrogen) atoms. The van der Waals surface area contributed by atoms with Crippen molar-refractivity contribution in [3.63, 3.8) is 0 Å². The molecule has 0 spiro atoms. The van der Waals surface area contributed by atoms with Gasteiger partial charge in [0.05, 0.1) is 31.9 Å². The largest absolute Gasteiger partial charge is 0.496 e. The van der Waals surface area contributed by atoms with Gasteiger partial charge in [-0.2, -0.15) is 0 Å². The number of nitrogens with one attached hydrogen (secondary N) is 2. The maximum absolute atomic E-state index is 11.6. The van der Waals surface area contributed by atoms with Crippen molar-refractivity contribution in [3.8, 4) is 11.5 Å². The summed E-state index contributed by atoms with van der Waals surface area (Å²) in [4.78, 5) is 20.4. The van der Waals surface area contributed by atoms with Crippen LogP contribution in [-0.4, -0.2) is 49.1 Å². The van der Waals surface area contributed by atoms with Crippen molar-refractivity contribution >= 4 is 34.4 Å². The molecule has 0 aliphatic rings. The topological polar surface area (TPSA) is 115 Å². The molecule has 1 amide bonds. The first-order valence-electron chi connectivity index (χ1n) is 9.84. The molecule has 0 fully saturated rings. The number of nitrogens with zero attached hydrogens (tertiary/aromatic N) is 2. The molecule has 0 aliphatic carbocycles. The number of ether oxygens (including phenoxy) is 3. The van der Waals surface area contributed by atoms with E-state index in [4.69, 9.17) is 21.1 Å². The first kappa shape index (κ1) is 23.4. The Balaban J connectivity index is 2.00. The van der Waals surface area contributed by atoms with Crippen LogP contribution >= 0.6 is 11.6 Å². The molecule has 0 saturated heterocycles. The monoisotopic (exact) mass is 460 g/mol. The van der Waals surface area contributed by atoms with Crippen molar-refractivity contribution in [3.05, 3.63) is 52.3 Å². The van der Waals surface area contributed by atoms with E-state index in [1.807, 2.05) is 18.2 Å². The summed E-state index contributed by atoms with van der Waals surface area (Å²) in [5.74, 6) is 1.75. The molecular formula is C22H25ClN4O5. The zero-order valence-electron chi connectivity index (χ0n) is 18.1. The minimum Gasteiger partial charge on any atom is -0.496 e. The Morgan fingerprint density at radius 2 is 1.94 bits per heavy atom. The summed E-state index contributed by atoms with van der Waals surface area (Å²) >= 11 is 6.23. The SMILES string of the molecule is COC(=O)NCc1cc2c(NCc3ccc(OC)c(Cl)c3)ncnc2c(CCO)c1OC. The van der Waals surface area contributed by atoms with Crippen molar-refractivity contribution in [2.75, 3.05) is 33.3 Å². The van der Waals surface area contributed by atoms with Crippen LogP contribution in [0.5, 0.6) is 11.5 Å². The number of carbonyl (C=O) groups excluding carboxylic acids is 1. The van der Waals surface area contributed by atoms with E-state index in [1.54, 1.807) is 13.2 Å². The van der Waals surface area contributed by atoms with Crippen molar-refractivity contribution in [2.45, 2.75) is 19.5 Å². The number of benzene rings is 2. The zero-order valence-corrected chi connectivity index (χ0v) is 18.8. The van der Waals surface area contributed by atoms with Gasteiger partial charge in [0.15, 0.2) is 0 Å². The third kappa shape index (κ3) is 5.12. The number of carbonyl (C=O) groups is 1. The van der Waals surface area contributed by atoms with Gasteiger partial charge in [-0.25, -0.2) is 14.8 Å². The summed E-state index contributed by atoms with van der Waals surface area (Å²) in [5.41, 5.74) is 3.04. The Morgan fingerprint density at radius 1 is 1.12 bits per heavy atom. The van der Waals surface area contributed by atoms with Gasteiger partial charge in [0, 0.05) is 42.6 Å². The van der Waals surface area contributed by atoms with Crippen molar-refractivity contribution in [1.82, 2.24) is 15.3 Å². The van der Waals surface area contributed by atoms with E-state index < -0.39 is 6.09 Å². The summed E-state index contributed by atoms with van der Waals surface area (Å²) < 4.78 is 15.5. The molecular weight excluding hydrogens is 436 g/mol. The lowest BCUT2D eigenvalue weighted by atomic mass is 10.0. The van der Waals surface area contributed by atoms with Crippen LogP contribution in [0.1, 0.15) is 16.7 Å². The number of hydrogen-bond acceptors (Lipinski definition) is 8. The lowest BCUT2D eigenvalue weighted by molar-refractivity contribution is 0.170. The third-order valence-electron chi connectivity index (χ3n) is 4.90. The lowest BCUT2D eigenvalue weighted by Crippen LogP contribution is -2.23. The van der Waals surface area contributed by atoms with Crippen LogP contribution in [0.3, 0.4) is 0 Å². The summed E-state index contributed by atoms with van der Waals surface area (Å²) in [5, 5.41) is 16.8. The van der Waals surface area contributed by atoms with Crippen LogP contribution in [0.2, 0.25) is 5.02 Å². The summed E-state index contributed by atoms with van der Waals surface area (Å²) in [6.07, 6.45) is 1.23. The van der Waals surface area contributed by atoms with Gasteiger partial charge in [-0.1, -0.05) is 17.7 Å². The number of aliphatic hydroxyl groups is 1. The standard InChI is InChI=1S/C22H25ClN4O5/c1-30-18-5-4-13(8-17(18)23)10-24-21-16-9-14(11-25-22(29)32-3)20(31-2)15(6-7-28)19(16)26-12-27-21/h4-5,8-9,12,28H,6-7,10-11H2,1-3H3,(H,25,29)(H,24,26,27). The van der Waals surface area contributed by atoms with E-state index in [-0.39, 0.29) is 13.2 Å². The number of fused-ring (bicyclic) bond motifs is 1. The number of rotatable bonds is 9. The van der Waals surface area contributed by atoms with E-state index >= 15 is 0 Å². The number of hydrogen-bond donors (Lipinski definition) is 3. The van der Waals surface area contributed by atoms with Gasteiger partial charge >= 0.3 is 6.09 Å². The highest BCUT2D eigenvalue weighted by molar-refractivity contribution is 6.32. The van der Waals surface area contributed by atoms with E-state index in [2.05, 4.69) is 25.3 Å². The molecule has 0 bridgehead atoms. The average molecular weight is 461 g/mol. The van der Waals surface area contributed by atoms with Gasteiger partial charge in [-0.05, 0) is 23.8 Å². The molecule has 0 aliphatic heterocycles. The number of amides is 1. The predicted molar refractivity (Wildman–Crippen MR) is 121 cm³/mol. The Hall–Kier alpha value is -3.30.